The van der Waals surface area contributed by atoms with Crippen molar-refractivity contribution >= 4 is 33.3 Å². The van der Waals surface area contributed by atoms with Gasteiger partial charge in [-0.2, -0.15) is 0 Å². The quantitative estimate of drug-likeness (QED) is 0.778. The summed E-state index contributed by atoms with van der Waals surface area (Å²) in [6.07, 6.45) is 0. The van der Waals surface area contributed by atoms with Gasteiger partial charge in [-0.1, -0.05) is 11.3 Å². The highest BCUT2D eigenvalue weighted by molar-refractivity contribution is 7.15. The van der Waals surface area contributed by atoms with Gasteiger partial charge < -0.3 is 19.5 Å². The molecule has 1 aliphatic heterocycles. The Labute approximate surface area is 149 Å². The Hall–Kier alpha value is -2.61. The molecule has 1 amide bonds. The monoisotopic (exact) mass is 357 g/mol. The molecule has 2 aromatic heterocycles. The van der Waals surface area contributed by atoms with Gasteiger partial charge in [-0.05, 0) is 31.2 Å². The van der Waals surface area contributed by atoms with Gasteiger partial charge in [0.15, 0.2) is 0 Å². The van der Waals surface area contributed by atoms with Crippen LogP contribution in [0.2, 0.25) is 0 Å². The Bertz CT molecular complexity index is 911. The Morgan fingerprint density at radius 2 is 2.00 bits per heavy atom. The van der Waals surface area contributed by atoms with Crippen LogP contribution in [-0.4, -0.2) is 59.3 Å². The summed E-state index contributed by atoms with van der Waals surface area (Å²) >= 11 is 1.59. The number of hydrogen-bond acceptors (Lipinski definition) is 6. The second kappa shape index (κ2) is 6.36. The topological polar surface area (TPSA) is 74.4 Å². The molecule has 0 radical (unpaired) electrons. The molecule has 130 valence electrons. The van der Waals surface area contributed by atoms with Crippen LogP contribution >= 0.6 is 11.3 Å². The average Bonchev–Trinajstić information content (AvgIpc) is 3.26. The van der Waals surface area contributed by atoms with Crippen molar-refractivity contribution in [2.24, 2.45) is 0 Å². The molecule has 7 nitrogen and oxygen atoms in total. The summed E-state index contributed by atoms with van der Waals surface area (Å²) in [4.78, 5) is 20.1. The summed E-state index contributed by atoms with van der Waals surface area (Å²) < 4.78 is 5.24. The van der Waals surface area contributed by atoms with E-state index in [2.05, 4.69) is 20.1 Å². The predicted octanol–water partition coefficient (Wildman–Crippen LogP) is 2.30. The molecular weight excluding hydrogens is 338 g/mol. The number of hydrogen-bond donors (Lipinski definition) is 1. The van der Waals surface area contributed by atoms with Crippen LogP contribution in [0.5, 0.6) is 5.75 Å². The number of carbonyl (C=O) groups is 1. The Kier molecular flexibility index (Phi) is 4.04. The minimum absolute atomic E-state index is 0.0308. The molecule has 0 atom stereocenters. The number of aromatic nitrogens is 3. The lowest BCUT2D eigenvalue weighted by Gasteiger charge is -2.34. The number of nitrogens with zero attached hydrogens (tertiary/aromatic N) is 4. The van der Waals surface area contributed by atoms with Crippen molar-refractivity contribution in [3.8, 4) is 5.75 Å². The van der Waals surface area contributed by atoms with Crippen LogP contribution in [0, 0.1) is 6.92 Å². The Morgan fingerprint density at radius 3 is 2.68 bits per heavy atom. The zero-order valence-electron chi connectivity index (χ0n) is 14.2. The number of amides is 1. The van der Waals surface area contributed by atoms with Gasteiger partial charge in [0, 0.05) is 37.1 Å². The largest absolute Gasteiger partial charge is 0.497 e. The zero-order chi connectivity index (χ0) is 17.4. The molecule has 4 rings (SSSR count). The number of ether oxygens (including phenoxy) is 1. The van der Waals surface area contributed by atoms with E-state index in [-0.39, 0.29) is 5.91 Å². The summed E-state index contributed by atoms with van der Waals surface area (Å²) in [7, 11) is 1.64. The first kappa shape index (κ1) is 15.9. The van der Waals surface area contributed by atoms with Crippen molar-refractivity contribution in [3.05, 3.63) is 35.0 Å². The molecule has 1 aromatic carbocycles. The van der Waals surface area contributed by atoms with Crippen molar-refractivity contribution in [2.75, 3.05) is 38.2 Å². The SMILES string of the molecule is COc1ccc2[nH]c(C(=O)N3CCN(c4nnc(C)s4)CC3)cc2c1. The van der Waals surface area contributed by atoms with Gasteiger partial charge in [-0.15, -0.1) is 10.2 Å². The summed E-state index contributed by atoms with van der Waals surface area (Å²) in [5.74, 6) is 0.815. The number of methoxy groups -OCH3 is 1. The average molecular weight is 357 g/mol. The first-order chi connectivity index (χ1) is 12.1. The van der Waals surface area contributed by atoms with Gasteiger partial charge >= 0.3 is 0 Å². The molecule has 3 heterocycles. The molecule has 1 fully saturated rings. The number of aryl methyl sites for hydroxylation is 1. The highest BCUT2D eigenvalue weighted by Gasteiger charge is 2.24. The zero-order valence-corrected chi connectivity index (χ0v) is 15.0. The van der Waals surface area contributed by atoms with Crippen LogP contribution in [0.15, 0.2) is 24.3 Å². The Morgan fingerprint density at radius 1 is 1.20 bits per heavy atom. The molecule has 0 spiro atoms. The number of carbonyl (C=O) groups excluding carboxylic acids is 1. The summed E-state index contributed by atoms with van der Waals surface area (Å²) in [5.41, 5.74) is 1.55. The van der Waals surface area contributed by atoms with E-state index in [1.807, 2.05) is 36.1 Å². The van der Waals surface area contributed by atoms with E-state index >= 15 is 0 Å². The van der Waals surface area contributed by atoms with Gasteiger partial charge in [0.25, 0.3) is 5.91 Å². The van der Waals surface area contributed by atoms with Crippen molar-refractivity contribution in [2.45, 2.75) is 6.92 Å². The molecule has 1 N–H and O–H groups in total. The van der Waals surface area contributed by atoms with Crippen molar-refractivity contribution < 1.29 is 9.53 Å². The van der Waals surface area contributed by atoms with E-state index in [1.165, 1.54) is 0 Å². The minimum atomic E-state index is 0.0308. The summed E-state index contributed by atoms with van der Waals surface area (Å²) in [6.45, 7) is 4.85. The van der Waals surface area contributed by atoms with Crippen LogP contribution in [-0.2, 0) is 0 Å². The third-order valence-corrected chi connectivity index (χ3v) is 5.31. The maximum atomic E-state index is 12.8. The minimum Gasteiger partial charge on any atom is -0.497 e. The molecule has 0 saturated carbocycles. The Balaban J connectivity index is 1.46. The number of fused-ring (bicyclic) bond motifs is 1. The maximum absolute atomic E-state index is 12.8. The lowest BCUT2D eigenvalue weighted by atomic mass is 10.2. The lowest BCUT2D eigenvalue weighted by Crippen LogP contribution is -2.48. The predicted molar refractivity (Wildman–Crippen MR) is 97.6 cm³/mol. The fraction of sp³-hybridized carbons (Fsp3) is 0.353. The standard InChI is InChI=1S/C17H19N5O2S/c1-11-19-20-17(25-11)22-7-5-21(6-8-22)16(23)15-10-12-9-13(24-2)3-4-14(12)18-15/h3-4,9-10,18H,5-8H2,1-2H3. The number of piperazine rings is 1. The first-order valence-electron chi connectivity index (χ1n) is 8.15. The lowest BCUT2D eigenvalue weighted by molar-refractivity contribution is 0.0742. The third kappa shape index (κ3) is 3.05. The summed E-state index contributed by atoms with van der Waals surface area (Å²) in [6, 6.07) is 7.63. The number of benzene rings is 1. The summed E-state index contributed by atoms with van der Waals surface area (Å²) in [5, 5.41) is 11.1. The van der Waals surface area contributed by atoms with E-state index in [4.69, 9.17) is 4.74 Å². The smallest absolute Gasteiger partial charge is 0.270 e. The van der Waals surface area contributed by atoms with E-state index in [0.717, 1.165) is 39.9 Å². The van der Waals surface area contributed by atoms with Gasteiger partial charge in [0.2, 0.25) is 5.13 Å². The van der Waals surface area contributed by atoms with Gasteiger partial charge in [-0.3, -0.25) is 4.79 Å². The molecular formula is C17H19N5O2S. The molecule has 0 bridgehead atoms. The normalized spacial score (nSPS) is 15.0. The highest BCUT2D eigenvalue weighted by Crippen LogP contribution is 2.24. The van der Waals surface area contributed by atoms with E-state index in [1.54, 1.807) is 18.4 Å². The maximum Gasteiger partial charge on any atom is 0.270 e. The van der Waals surface area contributed by atoms with Crippen LogP contribution in [0.3, 0.4) is 0 Å². The van der Waals surface area contributed by atoms with Crippen LogP contribution in [0.1, 0.15) is 15.5 Å². The number of rotatable bonds is 3. The van der Waals surface area contributed by atoms with Crippen LogP contribution < -0.4 is 9.64 Å². The van der Waals surface area contributed by atoms with Gasteiger partial charge in [0.05, 0.1) is 7.11 Å². The third-order valence-electron chi connectivity index (χ3n) is 4.41. The molecule has 1 aliphatic rings. The van der Waals surface area contributed by atoms with Crippen molar-refractivity contribution in [1.82, 2.24) is 20.1 Å². The molecule has 25 heavy (non-hydrogen) atoms. The molecule has 0 aliphatic carbocycles. The van der Waals surface area contributed by atoms with E-state index in [0.29, 0.717) is 18.8 Å². The number of nitrogens with one attached hydrogen (secondary N) is 1. The van der Waals surface area contributed by atoms with Crippen molar-refractivity contribution in [1.29, 1.82) is 0 Å². The second-order valence-electron chi connectivity index (χ2n) is 6.02. The molecule has 3 aromatic rings. The molecule has 1 saturated heterocycles. The van der Waals surface area contributed by atoms with Crippen LogP contribution in [0.25, 0.3) is 10.9 Å². The van der Waals surface area contributed by atoms with Gasteiger partial charge in [0.1, 0.15) is 16.5 Å². The number of H-pyrrole nitrogens is 1. The highest BCUT2D eigenvalue weighted by atomic mass is 32.1. The van der Waals surface area contributed by atoms with Crippen molar-refractivity contribution in [3.63, 3.8) is 0 Å². The fourth-order valence-electron chi connectivity index (χ4n) is 3.04. The first-order valence-corrected chi connectivity index (χ1v) is 8.97. The molecule has 8 heteroatoms. The second-order valence-corrected chi connectivity index (χ2v) is 7.18. The fourth-order valence-corrected chi connectivity index (χ4v) is 3.78. The van der Waals surface area contributed by atoms with E-state index < -0.39 is 0 Å². The number of aromatic amines is 1. The van der Waals surface area contributed by atoms with E-state index in [9.17, 15) is 4.79 Å². The van der Waals surface area contributed by atoms with Crippen LogP contribution in [0.4, 0.5) is 5.13 Å². The van der Waals surface area contributed by atoms with Gasteiger partial charge in [-0.25, -0.2) is 0 Å². The number of anilines is 1. The molecule has 0 unspecified atom stereocenters.